The maximum absolute atomic E-state index is 14.4. The van der Waals surface area contributed by atoms with Gasteiger partial charge in [-0.2, -0.15) is 5.26 Å². The third kappa shape index (κ3) is 3.06. The van der Waals surface area contributed by atoms with E-state index < -0.39 is 0 Å². The first-order valence-electron chi connectivity index (χ1n) is 8.29. The summed E-state index contributed by atoms with van der Waals surface area (Å²) < 4.78 is 25.6. The van der Waals surface area contributed by atoms with Crippen molar-refractivity contribution < 1.29 is 13.9 Å². The summed E-state index contributed by atoms with van der Waals surface area (Å²) in [6.45, 7) is 1.92. The second kappa shape index (κ2) is 6.86. The number of ether oxygens (including phenoxy) is 2. The molecule has 3 rings (SSSR count). The van der Waals surface area contributed by atoms with Crippen LogP contribution in [0.25, 0.3) is 0 Å². The Balaban J connectivity index is 1.83. The Labute approximate surface area is 136 Å². The zero-order valence-electron chi connectivity index (χ0n) is 13.6. The molecule has 0 N–H and O–H groups in total. The van der Waals surface area contributed by atoms with Gasteiger partial charge in [-0.25, -0.2) is 4.39 Å². The van der Waals surface area contributed by atoms with Crippen molar-refractivity contribution in [1.82, 2.24) is 4.90 Å². The summed E-state index contributed by atoms with van der Waals surface area (Å²) in [5, 5.41) is 9.74. The smallest absolute Gasteiger partial charge is 0.169 e. The van der Waals surface area contributed by atoms with Gasteiger partial charge in [-0.05, 0) is 44.7 Å². The Morgan fingerprint density at radius 1 is 1.39 bits per heavy atom. The fourth-order valence-corrected chi connectivity index (χ4v) is 3.89. The minimum atomic E-state index is -0.374. The van der Waals surface area contributed by atoms with Crippen molar-refractivity contribution in [2.45, 2.75) is 50.3 Å². The molecule has 23 heavy (non-hydrogen) atoms. The second-order valence-corrected chi connectivity index (χ2v) is 6.41. The number of methoxy groups -OCH3 is 1. The standard InChI is InChI=1S/C18H23FN2O2/c1-22-15-7-4-6-14(17(15)19)13-21-10-5-9-18(16(21)12-20)8-2-3-11-23-18/h4,6-7,16H,2-3,5,8-11,13H2,1H3/t16-,18-/m0/s1. The van der Waals surface area contributed by atoms with Crippen LogP contribution < -0.4 is 4.74 Å². The first-order valence-corrected chi connectivity index (χ1v) is 8.29. The van der Waals surface area contributed by atoms with Gasteiger partial charge in [0.05, 0.1) is 18.8 Å². The van der Waals surface area contributed by atoms with Gasteiger partial charge >= 0.3 is 0 Å². The number of halogens is 1. The Morgan fingerprint density at radius 2 is 2.22 bits per heavy atom. The average Bonchev–Trinajstić information content (AvgIpc) is 2.58. The molecule has 1 aromatic carbocycles. The molecule has 0 unspecified atom stereocenters. The fraction of sp³-hybridized carbons (Fsp3) is 0.611. The van der Waals surface area contributed by atoms with Crippen molar-refractivity contribution in [3.8, 4) is 11.8 Å². The lowest BCUT2D eigenvalue weighted by atomic mass is 9.79. The number of nitriles is 1. The summed E-state index contributed by atoms with van der Waals surface area (Å²) in [4.78, 5) is 2.06. The molecule has 2 aliphatic heterocycles. The summed E-state index contributed by atoms with van der Waals surface area (Å²) in [6, 6.07) is 7.27. The number of likely N-dealkylation sites (tertiary alicyclic amines) is 1. The Bertz CT molecular complexity index is 588. The molecule has 0 saturated carbocycles. The van der Waals surface area contributed by atoms with Crippen LogP contribution in [-0.4, -0.2) is 36.8 Å². The van der Waals surface area contributed by atoms with Crippen LogP contribution in [0.3, 0.4) is 0 Å². The van der Waals surface area contributed by atoms with Crippen molar-refractivity contribution in [3.05, 3.63) is 29.6 Å². The van der Waals surface area contributed by atoms with Crippen LogP contribution in [0, 0.1) is 17.1 Å². The van der Waals surface area contributed by atoms with Crippen molar-refractivity contribution in [2.75, 3.05) is 20.3 Å². The van der Waals surface area contributed by atoms with Crippen LogP contribution in [-0.2, 0) is 11.3 Å². The van der Waals surface area contributed by atoms with E-state index in [1.54, 1.807) is 18.2 Å². The first-order chi connectivity index (χ1) is 11.2. The van der Waals surface area contributed by atoms with E-state index in [4.69, 9.17) is 9.47 Å². The Kier molecular flexibility index (Phi) is 4.84. The Hall–Kier alpha value is -1.64. The number of nitrogens with zero attached hydrogens (tertiary/aromatic N) is 2. The Morgan fingerprint density at radius 3 is 2.91 bits per heavy atom. The van der Waals surface area contributed by atoms with E-state index in [-0.39, 0.29) is 23.2 Å². The highest BCUT2D eigenvalue weighted by atomic mass is 19.1. The third-order valence-electron chi connectivity index (χ3n) is 5.05. The van der Waals surface area contributed by atoms with Crippen molar-refractivity contribution in [3.63, 3.8) is 0 Å². The molecule has 2 atom stereocenters. The summed E-state index contributed by atoms with van der Waals surface area (Å²) in [6.07, 6.45) is 4.97. The van der Waals surface area contributed by atoms with E-state index in [1.165, 1.54) is 7.11 Å². The molecule has 1 aromatic rings. The molecular formula is C18H23FN2O2. The molecule has 0 radical (unpaired) electrons. The first kappa shape index (κ1) is 16.2. The number of hydrogen-bond acceptors (Lipinski definition) is 4. The van der Waals surface area contributed by atoms with E-state index >= 15 is 0 Å². The zero-order valence-corrected chi connectivity index (χ0v) is 13.6. The normalized spacial score (nSPS) is 28.5. The lowest BCUT2D eigenvalue weighted by Gasteiger charge is -2.48. The summed E-state index contributed by atoms with van der Waals surface area (Å²) >= 11 is 0. The lowest BCUT2D eigenvalue weighted by molar-refractivity contribution is -0.138. The number of benzene rings is 1. The quantitative estimate of drug-likeness (QED) is 0.858. The molecule has 1 spiro atoms. The molecule has 0 aliphatic carbocycles. The maximum atomic E-state index is 14.4. The topological polar surface area (TPSA) is 45.5 Å². The van der Waals surface area contributed by atoms with E-state index in [9.17, 15) is 9.65 Å². The molecular weight excluding hydrogens is 295 g/mol. The van der Waals surface area contributed by atoms with Gasteiger partial charge in [0.15, 0.2) is 11.6 Å². The molecule has 2 saturated heterocycles. The molecule has 5 heteroatoms. The fourth-order valence-electron chi connectivity index (χ4n) is 3.89. The zero-order chi connectivity index (χ0) is 16.3. The van der Waals surface area contributed by atoms with Crippen molar-refractivity contribution >= 4 is 0 Å². The van der Waals surface area contributed by atoms with Gasteiger partial charge in [0.1, 0.15) is 6.04 Å². The molecule has 2 aliphatic rings. The van der Waals surface area contributed by atoms with Gasteiger partial charge in [0, 0.05) is 18.7 Å². The number of hydrogen-bond donors (Lipinski definition) is 0. The average molecular weight is 318 g/mol. The SMILES string of the molecule is COc1cccc(CN2CCC[C@@]3(CCCCO3)[C@@H]2C#N)c1F. The minimum absolute atomic E-state index is 0.247. The maximum Gasteiger partial charge on any atom is 0.169 e. The lowest BCUT2D eigenvalue weighted by Crippen LogP contribution is -2.58. The highest BCUT2D eigenvalue weighted by Crippen LogP contribution is 2.39. The van der Waals surface area contributed by atoms with Gasteiger partial charge in [-0.15, -0.1) is 0 Å². The van der Waals surface area contributed by atoms with E-state index in [2.05, 4.69) is 11.0 Å². The van der Waals surface area contributed by atoms with Crippen LogP contribution in [0.4, 0.5) is 4.39 Å². The van der Waals surface area contributed by atoms with Gasteiger partial charge in [-0.1, -0.05) is 12.1 Å². The number of piperidine rings is 1. The van der Waals surface area contributed by atoms with Crippen LogP contribution in [0.1, 0.15) is 37.7 Å². The van der Waals surface area contributed by atoms with E-state index in [1.807, 2.05) is 0 Å². The van der Waals surface area contributed by atoms with Crippen molar-refractivity contribution in [2.24, 2.45) is 0 Å². The number of rotatable bonds is 3. The largest absolute Gasteiger partial charge is 0.494 e. The van der Waals surface area contributed by atoms with E-state index in [0.29, 0.717) is 12.1 Å². The molecule has 0 bridgehead atoms. The summed E-state index contributed by atoms with van der Waals surface area (Å²) in [7, 11) is 1.46. The van der Waals surface area contributed by atoms with Gasteiger partial charge in [0.2, 0.25) is 0 Å². The monoisotopic (exact) mass is 318 g/mol. The summed E-state index contributed by atoms with van der Waals surface area (Å²) in [5.41, 5.74) is 0.193. The van der Waals surface area contributed by atoms with E-state index in [0.717, 1.165) is 45.3 Å². The molecule has 4 nitrogen and oxygen atoms in total. The second-order valence-electron chi connectivity index (χ2n) is 6.41. The van der Waals surface area contributed by atoms with Crippen molar-refractivity contribution in [1.29, 1.82) is 5.26 Å². The minimum Gasteiger partial charge on any atom is -0.494 e. The highest BCUT2D eigenvalue weighted by Gasteiger charge is 2.46. The molecule has 0 aromatic heterocycles. The molecule has 2 heterocycles. The predicted molar refractivity (Wildman–Crippen MR) is 84.5 cm³/mol. The van der Waals surface area contributed by atoms with Gasteiger partial charge in [-0.3, -0.25) is 4.90 Å². The van der Waals surface area contributed by atoms with Crippen LogP contribution in [0.5, 0.6) is 5.75 Å². The van der Waals surface area contributed by atoms with Crippen LogP contribution in [0.15, 0.2) is 18.2 Å². The van der Waals surface area contributed by atoms with Crippen LogP contribution >= 0.6 is 0 Å². The molecule has 2 fully saturated rings. The predicted octanol–water partition coefficient (Wildman–Crippen LogP) is 3.26. The summed E-state index contributed by atoms with van der Waals surface area (Å²) in [5.74, 6) is -0.0903. The van der Waals surface area contributed by atoms with Gasteiger partial charge < -0.3 is 9.47 Å². The third-order valence-corrected chi connectivity index (χ3v) is 5.05. The molecule has 0 amide bonds. The molecule has 124 valence electrons. The highest BCUT2D eigenvalue weighted by molar-refractivity contribution is 5.31. The van der Waals surface area contributed by atoms with Crippen LogP contribution in [0.2, 0.25) is 0 Å². The van der Waals surface area contributed by atoms with Gasteiger partial charge in [0.25, 0.3) is 0 Å².